The minimum Gasteiger partial charge on any atom is -0.492 e. The number of carboxylic acid groups (broad SMARTS) is 1. The quantitative estimate of drug-likeness (QED) is 0.451. The molecule has 3 aromatic carbocycles. The zero-order valence-corrected chi connectivity index (χ0v) is 18.8. The Morgan fingerprint density at radius 3 is 2.31 bits per heavy atom. The second-order valence-electron chi connectivity index (χ2n) is 7.86. The number of carbonyl (C=O) groups excluding carboxylic acids is 1. The molecule has 1 amide bonds. The van der Waals surface area contributed by atoms with E-state index in [-0.39, 0.29) is 52.3 Å². The molecular weight excluding hydrogens is 467 g/mol. The van der Waals surface area contributed by atoms with Gasteiger partial charge in [-0.2, -0.15) is 8.78 Å². The van der Waals surface area contributed by atoms with E-state index in [1.165, 1.54) is 18.2 Å². The third kappa shape index (κ3) is 4.03. The molecule has 35 heavy (non-hydrogen) atoms. The van der Waals surface area contributed by atoms with E-state index < -0.39 is 36.5 Å². The number of ether oxygens (including phenoxy) is 2. The summed E-state index contributed by atoms with van der Waals surface area (Å²) in [6, 6.07) is 9.76. The number of hydrogen-bond acceptors (Lipinski definition) is 5. The summed E-state index contributed by atoms with van der Waals surface area (Å²) in [7, 11) is 0. The summed E-state index contributed by atoms with van der Waals surface area (Å²) in [6.07, 6.45) is -1.65. The number of carboxylic acids is 1. The van der Waals surface area contributed by atoms with Crippen LogP contribution in [0.4, 0.5) is 18.9 Å². The molecule has 10 heteroatoms. The van der Waals surface area contributed by atoms with Gasteiger partial charge in [0, 0.05) is 22.0 Å². The highest BCUT2D eigenvalue weighted by Crippen LogP contribution is 2.50. The van der Waals surface area contributed by atoms with Gasteiger partial charge in [0.2, 0.25) is 0 Å². The number of hydrogen-bond donors (Lipinski definition) is 2. The van der Waals surface area contributed by atoms with Crippen molar-refractivity contribution in [3.63, 3.8) is 0 Å². The number of fused-ring (bicyclic) bond motifs is 2. The van der Waals surface area contributed by atoms with Gasteiger partial charge in [0.05, 0.1) is 23.7 Å². The van der Waals surface area contributed by atoms with E-state index in [9.17, 15) is 33.0 Å². The molecule has 4 rings (SSSR count). The number of benzene rings is 3. The number of amides is 1. The van der Waals surface area contributed by atoms with Crippen molar-refractivity contribution in [2.24, 2.45) is 0 Å². The summed E-state index contributed by atoms with van der Waals surface area (Å²) in [4.78, 5) is 25.8. The lowest BCUT2D eigenvalue weighted by molar-refractivity contribution is -0.138. The van der Waals surface area contributed by atoms with Gasteiger partial charge in [-0.05, 0) is 25.5 Å². The van der Waals surface area contributed by atoms with Crippen molar-refractivity contribution in [2.45, 2.75) is 39.0 Å². The number of rotatable bonds is 8. The van der Waals surface area contributed by atoms with E-state index in [0.29, 0.717) is 5.39 Å². The minimum atomic E-state index is -3.24. The molecule has 0 bridgehead atoms. The van der Waals surface area contributed by atoms with E-state index in [2.05, 4.69) is 0 Å². The highest BCUT2D eigenvalue weighted by Gasteiger charge is 2.44. The van der Waals surface area contributed by atoms with Crippen LogP contribution in [0, 0.1) is 5.82 Å². The molecule has 0 radical (unpaired) electrons. The molecular formula is C25H22F3NO6. The molecule has 0 fully saturated rings. The summed E-state index contributed by atoms with van der Waals surface area (Å²) in [5.74, 6) is -4.29. The molecule has 1 aliphatic heterocycles. The van der Waals surface area contributed by atoms with Gasteiger partial charge in [-0.3, -0.25) is 14.5 Å². The standard InChI is InChI=1S/C25H22F3NO6/c1-3-13(24(32)33)14-10-9-12(11-17(14)26)29-22(30)18-19(23(29)31)21(35-25(27)28)16-8-6-5-7-15(16)20(18)34-4-2/h5-11,13,23,25,31H,3-4H2,1-2H3,(H,32,33). The Bertz CT molecular complexity index is 1310. The molecule has 184 valence electrons. The van der Waals surface area contributed by atoms with Gasteiger partial charge in [-0.1, -0.05) is 37.3 Å². The smallest absolute Gasteiger partial charge is 0.387 e. The summed E-state index contributed by atoms with van der Waals surface area (Å²) in [5.41, 5.74) is -0.561. The van der Waals surface area contributed by atoms with Gasteiger partial charge in [0.1, 0.15) is 17.3 Å². The largest absolute Gasteiger partial charge is 0.492 e. The van der Waals surface area contributed by atoms with Crippen molar-refractivity contribution in [3.8, 4) is 11.5 Å². The van der Waals surface area contributed by atoms with E-state index in [1.807, 2.05) is 0 Å². The Hall–Kier alpha value is -3.79. The number of halogens is 3. The molecule has 7 nitrogen and oxygen atoms in total. The Morgan fingerprint density at radius 2 is 1.77 bits per heavy atom. The number of carbonyl (C=O) groups is 2. The lowest BCUT2D eigenvalue weighted by Crippen LogP contribution is -2.28. The van der Waals surface area contributed by atoms with Gasteiger partial charge >= 0.3 is 12.6 Å². The Morgan fingerprint density at radius 1 is 1.11 bits per heavy atom. The molecule has 0 spiro atoms. The highest BCUT2D eigenvalue weighted by atomic mass is 19.3. The first-order valence-electron chi connectivity index (χ1n) is 10.9. The van der Waals surface area contributed by atoms with E-state index in [0.717, 1.165) is 11.0 Å². The minimum absolute atomic E-state index is 0.0788. The van der Waals surface area contributed by atoms with Crippen LogP contribution in [0.15, 0.2) is 42.5 Å². The van der Waals surface area contributed by atoms with Crippen LogP contribution < -0.4 is 14.4 Å². The zero-order valence-electron chi connectivity index (χ0n) is 18.8. The maximum Gasteiger partial charge on any atom is 0.387 e. The van der Waals surface area contributed by atoms with E-state index in [4.69, 9.17) is 9.47 Å². The van der Waals surface area contributed by atoms with Crippen LogP contribution in [0.5, 0.6) is 11.5 Å². The number of alkyl halides is 2. The van der Waals surface area contributed by atoms with Crippen molar-refractivity contribution in [2.75, 3.05) is 11.5 Å². The average molecular weight is 489 g/mol. The van der Waals surface area contributed by atoms with Crippen LogP contribution in [0.3, 0.4) is 0 Å². The van der Waals surface area contributed by atoms with Gasteiger partial charge in [0.25, 0.3) is 5.91 Å². The van der Waals surface area contributed by atoms with Crippen molar-refractivity contribution >= 4 is 28.3 Å². The Labute approximate surface area is 198 Å². The number of aliphatic carboxylic acids is 1. The van der Waals surface area contributed by atoms with Crippen LogP contribution in [-0.2, 0) is 4.79 Å². The lowest BCUT2D eigenvalue weighted by Gasteiger charge is -2.23. The Kier molecular flexibility index (Phi) is 6.58. The fourth-order valence-corrected chi connectivity index (χ4v) is 4.46. The summed E-state index contributed by atoms with van der Waals surface area (Å²) in [5, 5.41) is 21.0. The predicted molar refractivity (Wildman–Crippen MR) is 121 cm³/mol. The Balaban J connectivity index is 1.91. The summed E-state index contributed by atoms with van der Waals surface area (Å²) in [6.45, 7) is 0.182. The second kappa shape index (κ2) is 9.46. The normalized spacial score (nSPS) is 16.0. The second-order valence-corrected chi connectivity index (χ2v) is 7.86. The predicted octanol–water partition coefficient (Wildman–Crippen LogP) is 5.21. The molecule has 0 saturated heterocycles. The van der Waals surface area contributed by atoms with Gasteiger partial charge in [-0.25, -0.2) is 4.39 Å². The molecule has 1 heterocycles. The fourth-order valence-electron chi connectivity index (χ4n) is 4.46. The fraction of sp³-hybridized carbons (Fsp3) is 0.280. The van der Waals surface area contributed by atoms with Crippen LogP contribution >= 0.6 is 0 Å². The molecule has 0 aromatic heterocycles. The molecule has 2 unspecified atom stereocenters. The number of aliphatic hydroxyl groups is 1. The highest BCUT2D eigenvalue weighted by molar-refractivity contribution is 6.17. The van der Waals surface area contributed by atoms with Crippen LogP contribution in [0.2, 0.25) is 0 Å². The van der Waals surface area contributed by atoms with Crippen molar-refractivity contribution in [1.29, 1.82) is 0 Å². The number of anilines is 1. The van der Waals surface area contributed by atoms with Crippen LogP contribution in [0.25, 0.3) is 10.8 Å². The van der Waals surface area contributed by atoms with Crippen LogP contribution in [-0.4, -0.2) is 35.3 Å². The lowest BCUT2D eigenvalue weighted by atomic mass is 9.96. The van der Waals surface area contributed by atoms with E-state index in [1.54, 1.807) is 32.0 Å². The molecule has 1 aliphatic rings. The van der Waals surface area contributed by atoms with Crippen LogP contribution in [0.1, 0.15) is 53.9 Å². The monoisotopic (exact) mass is 489 g/mol. The molecule has 0 aliphatic carbocycles. The average Bonchev–Trinajstić information content (AvgIpc) is 3.07. The third-order valence-corrected chi connectivity index (χ3v) is 5.93. The maximum atomic E-state index is 14.9. The first-order valence-corrected chi connectivity index (χ1v) is 10.9. The SMILES string of the molecule is CCOc1c2c(c(OC(F)F)c3ccccc13)C(O)N(c1ccc(C(CC)C(=O)O)c(F)c1)C2=O. The topological polar surface area (TPSA) is 96.3 Å². The molecule has 2 N–H and O–H groups in total. The van der Waals surface area contributed by atoms with Gasteiger partial charge in [-0.15, -0.1) is 0 Å². The summed E-state index contributed by atoms with van der Waals surface area (Å²) >= 11 is 0. The van der Waals surface area contributed by atoms with E-state index >= 15 is 0 Å². The van der Waals surface area contributed by atoms with Crippen molar-refractivity contribution in [3.05, 3.63) is 65.0 Å². The number of nitrogens with zero attached hydrogens (tertiary/aromatic N) is 1. The number of aliphatic hydroxyl groups excluding tert-OH is 1. The maximum absolute atomic E-state index is 14.9. The summed E-state index contributed by atoms with van der Waals surface area (Å²) < 4.78 is 52.1. The van der Waals surface area contributed by atoms with Crippen molar-refractivity contribution < 1.29 is 42.4 Å². The first-order chi connectivity index (χ1) is 16.7. The van der Waals surface area contributed by atoms with Gasteiger partial charge in [0.15, 0.2) is 6.23 Å². The first kappa shape index (κ1) is 24.3. The molecule has 3 aromatic rings. The third-order valence-electron chi connectivity index (χ3n) is 5.93. The molecule has 2 atom stereocenters. The van der Waals surface area contributed by atoms with Crippen molar-refractivity contribution in [1.82, 2.24) is 0 Å². The zero-order chi connectivity index (χ0) is 25.4. The van der Waals surface area contributed by atoms with Gasteiger partial charge < -0.3 is 19.7 Å². The molecule has 0 saturated carbocycles.